The van der Waals surface area contributed by atoms with Gasteiger partial charge in [0.2, 0.25) is 0 Å². The zero-order valence-electron chi connectivity index (χ0n) is 8.88. The second-order valence-corrected chi connectivity index (χ2v) is 3.23. The number of carboxylic acids is 1. The van der Waals surface area contributed by atoms with Gasteiger partial charge in [-0.25, -0.2) is 0 Å². The molecule has 0 spiro atoms. The van der Waals surface area contributed by atoms with Gasteiger partial charge in [0.05, 0.1) is 5.56 Å². The third kappa shape index (κ3) is 2.73. The first-order valence-corrected chi connectivity index (χ1v) is 4.85. The number of hydrogen-bond acceptors (Lipinski definition) is 3. The summed E-state index contributed by atoms with van der Waals surface area (Å²) < 4.78 is 0. The molecule has 0 unspecified atom stereocenters. The third-order valence-electron chi connectivity index (χ3n) is 2.13. The van der Waals surface area contributed by atoms with Crippen LogP contribution in [0.15, 0.2) is 24.3 Å². The van der Waals surface area contributed by atoms with Gasteiger partial charge in [0.15, 0.2) is 0 Å². The minimum Gasteiger partial charge on any atom is -0.507 e. The van der Waals surface area contributed by atoms with Crippen molar-refractivity contribution in [3.05, 3.63) is 29.8 Å². The summed E-state index contributed by atoms with van der Waals surface area (Å²) in [4.78, 5) is 23.5. The summed E-state index contributed by atoms with van der Waals surface area (Å²) >= 11 is 0. The van der Waals surface area contributed by atoms with Crippen LogP contribution in [0, 0.1) is 0 Å². The Morgan fingerprint density at radius 2 is 1.94 bits per heavy atom. The van der Waals surface area contributed by atoms with Gasteiger partial charge in [-0.1, -0.05) is 12.1 Å². The molecule has 86 valence electrons. The lowest BCUT2D eigenvalue weighted by atomic mass is 10.1. The molecule has 0 aromatic heterocycles. The number of para-hydroxylation sites is 1. The summed E-state index contributed by atoms with van der Waals surface area (Å²) in [5.41, 5.74) is 0.116. The maximum Gasteiger partial charge on any atom is 0.323 e. The van der Waals surface area contributed by atoms with Crippen LogP contribution >= 0.6 is 0 Å². The number of hydrogen-bond donors (Lipinski definition) is 2. The van der Waals surface area contributed by atoms with Crippen LogP contribution in [0.4, 0.5) is 0 Å². The van der Waals surface area contributed by atoms with E-state index in [1.165, 1.54) is 12.1 Å². The molecule has 1 aromatic rings. The zero-order valence-corrected chi connectivity index (χ0v) is 8.88. The van der Waals surface area contributed by atoms with Crippen molar-refractivity contribution in [1.29, 1.82) is 0 Å². The number of phenols is 1. The lowest BCUT2D eigenvalue weighted by Gasteiger charge is -2.18. The van der Waals surface area contributed by atoms with Crippen molar-refractivity contribution >= 4 is 11.9 Å². The van der Waals surface area contributed by atoms with E-state index in [-0.39, 0.29) is 24.4 Å². The predicted octanol–water partition coefficient (Wildman–Crippen LogP) is 0.939. The fraction of sp³-hybridized carbons (Fsp3) is 0.273. The van der Waals surface area contributed by atoms with E-state index < -0.39 is 11.9 Å². The van der Waals surface area contributed by atoms with E-state index in [0.717, 1.165) is 4.90 Å². The molecule has 5 nitrogen and oxygen atoms in total. The second-order valence-electron chi connectivity index (χ2n) is 3.23. The summed E-state index contributed by atoms with van der Waals surface area (Å²) in [6, 6.07) is 6.06. The van der Waals surface area contributed by atoms with Crippen LogP contribution in [-0.4, -0.2) is 40.1 Å². The highest BCUT2D eigenvalue weighted by atomic mass is 16.4. The van der Waals surface area contributed by atoms with Gasteiger partial charge < -0.3 is 15.1 Å². The van der Waals surface area contributed by atoms with E-state index >= 15 is 0 Å². The Kier molecular flexibility index (Phi) is 3.88. The Hall–Kier alpha value is -2.04. The molecule has 16 heavy (non-hydrogen) atoms. The third-order valence-corrected chi connectivity index (χ3v) is 2.13. The minimum atomic E-state index is -1.08. The molecule has 0 saturated heterocycles. The fourth-order valence-corrected chi connectivity index (χ4v) is 1.32. The summed E-state index contributed by atoms with van der Waals surface area (Å²) in [5.74, 6) is -1.70. The highest BCUT2D eigenvalue weighted by molar-refractivity contribution is 5.98. The van der Waals surface area contributed by atoms with Crippen LogP contribution in [0.1, 0.15) is 17.3 Å². The number of phenolic OH excluding ortho intramolecular Hbond substituents is 1. The van der Waals surface area contributed by atoms with E-state index in [0.29, 0.717) is 0 Å². The first-order chi connectivity index (χ1) is 7.56. The van der Waals surface area contributed by atoms with E-state index in [1.807, 2.05) is 0 Å². The van der Waals surface area contributed by atoms with Gasteiger partial charge in [0.1, 0.15) is 12.3 Å². The predicted molar refractivity (Wildman–Crippen MR) is 57.3 cm³/mol. The van der Waals surface area contributed by atoms with Gasteiger partial charge in [-0.05, 0) is 19.1 Å². The van der Waals surface area contributed by atoms with E-state index in [4.69, 9.17) is 5.11 Å². The second kappa shape index (κ2) is 5.16. The Bertz CT molecular complexity index is 403. The Morgan fingerprint density at radius 1 is 1.31 bits per heavy atom. The van der Waals surface area contributed by atoms with Crippen molar-refractivity contribution < 1.29 is 19.8 Å². The number of nitrogens with zero attached hydrogens (tertiary/aromatic N) is 1. The molecule has 1 amide bonds. The van der Waals surface area contributed by atoms with Crippen molar-refractivity contribution in [3.8, 4) is 5.75 Å². The maximum atomic E-state index is 11.8. The number of amides is 1. The molecule has 0 bridgehead atoms. The zero-order chi connectivity index (χ0) is 12.1. The van der Waals surface area contributed by atoms with Crippen molar-refractivity contribution in [2.45, 2.75) is 6.92 Å². The lowest BCUT2D eigenvalue weighted by molar-refractivity contribution is -0.137. The number of carboxylic acid groups (broad SMARTS) is 1. The van der Waals surface area contributed by atoms with Gasteiger partial charge in [-0.15, -0.1) is 0 Å². The molecule has 1 aromatic carbocycles. The van der Waals surface area contributed by atoms with Gasteiger partial charge >= 0.3 is 5.97 Å². The van der Waals surface area contributed by atoms with Crippen LogP contribution < -0.4 is 0 Å². The van der Waals surface area contributed by atoms with Gasteiger partial charge in [0, 0.05) is 6.54 Å². The van der Waals surface area contributed by atoms with Gasteiger partial charge in [-0.3, -0.25) is 9.59 Å². The van der Waals surface area contributed by atoms with Crippen LogP contribution in [0.25, 0.3) is 0 Å². The number of carbonyl (C=O) groups excluding carboxylic acids is 1. The topological polar surface area (TPSA) is 77.8 Å². The summed E-state index contributed by atoms with van der Waals surface area (Å²) in [6.07, 6.45) is 0. The number of rotatable bonds is 4. The van der Waals surface area contributed by atoms with Crippen molar-refractivity contribution in [1.82, 2.24) is 4.90 Å². The van der Waals surface area contributed by atoms with E-state index in [1.54, 1.807) is 19.1 Å². The summed E-state index contributed by atoms with van der Waals surface area (Å²) in [6.45, 7) is 1.59. The Labute approximate surface area is 92.9 Å². The van der Waals surface area contributed by atoms with Crippen molar-refractivity contribution in [2.24, 2.45) is 0 Å². The summed E-state index contributed by atoms with van der Waals surface area (Å²) in [5, 5.41) is 18.1. The molecule has 0 aliphatic rings. The number of carbonyl (C=O) groups is 2. The number of benzene rings is 1. The Balaban J connectivity index is 2.91. The fourth-order valence-electron chi connectivity index (χ4n) is 1.32. The molecule has 1 rings (SSSR count). The summed E-state index contributed by atoms with van der Waals surface area (Å²) in [7, 11) is 0. The van der Waals surface area contributed by atoms with Crippen LogP contribution in [0.3, 0.4) is 0 Å². The molecular weight excluding hydrogens is 210 g/mol. The molecule has 0 radical (unpaired) electrons. The minimum absolute atomic E-state index is 0.116. The first-order valence-electron chi connectivity index (χ1n) is 4.85. The van der Waals surface area contributed by atoms with Crippen molar-refractivity contribution in [2.75, 3.05) is 13.1 Å². The number of aliphatic carboxylic acids is 1. The van der Waals surface area contributed by atoms with Gasteiger partial charge in [-0.2, -0.15) is 0 Å². The molecule has 0 saturated carbocycles. The monoisotopic (exact) mass is 223 g/mol. The van der Waals surface area contributed by atoms with E-state index in [9.17, 15) is 14.7 Å². The highest BCUT2D eigenvalue weighted by Gasteiger charge is 2.19. The molecule has 0 fully saturated rings. The van der Waals surface area contributed by atoms with Crippen molar-refractivity contribution in [3.63, 3.8) is 0 Å². The van der Waals surface area contributed by atoms with E-state index in [2.05, 4.69) is 0 Å². The van der Waals surface area contributed by atoms with Crippen LogP contribution in [0.2, 0.25) is 0 Å². The quantitative estimate of drug-likeness (QED) is 0.796. The average molecular weight is 223 g/mol. The first kappa shape index (κ1) is 12.0. The number of aromatic hydroxyl groups is 1. The largest absolute Gasteiger partial charge is 0.507 e. The molecule has 5 heteroatoms. The molecule has 0 atom stereocenters. The molecule has 2 N–H and O–H groups in total. The normalized spacial score (nSPS) is 9.81. The molecule has 0 aliphatic heterocycles. The molecular formula is C11H13NO4. The smallest absolute Gasteiger partial charge is 0.323 e. The molecule has 0 heterocycles. The molecule has 0 aliphatic carbocycles. The highest BCUT2D eigenvalue weighted by Crippen LogP contribution is 2.17. The Morgan fingerprint density at radius 3 is 2.44 bits per heavy atom. The van der Waals surface area contributed by atoms with Gasteiger partial charge in [0.25, 0.3) is 5.91 Å². The van der Waals surface area contributed by atoms with Crippen LogP contribution in [0.5, 0.6) is 5.75 Å². The maximum absolute atomic E-state index is 11.8. The standard InChI is InChI=1S/C11H13NO4/c1-2-12(7-10(14)15)11(16)8-5-3-4-6-9(8)13/h3-6,13H,2,7H2,1H3,(H,14,15). The number of likely N-dealkylation sites (N-methyl/N-ethyl adjacent to an activating group) is 1. The van der Waals surface area contributed by atoms with Crippen LogP contribution in [-0.2, 0) is 4.79 Å². The lowest BCUT2D eigenvalue weighted by Crippen LogP contribution is -2.35. The average Bonchev–Trinajstić information content (AvgIpc) is 2.25. The SMILES string of the molecule is CCN(CC(=O)O)C(=O)c1ccccc1O.